The summed E-state index contributed by atoms with van der Waals surface area (Å²) in [6.45, 7) is 0. The topological polar surface area (TPSA) is 73.6 Å². The molecular formula is C15H15N5. The molecule has 2 N–H and O–H groups in total. The highest BCUT2D eigenvalue weighted by Gasteiger charge is 2.26. The second-order valence-electron chi connectivity index (χ2n) is 4.83. The van der Waals surface area contributed by atoms with Crippen LogP contribution >= 0.6 is 0 Å². The van der Waals surface area contributed by atoms with E-state index in [-0.39, 0.29) is 0 Å². The van der Waals surface area contributed by atoms with Crippen LogP contribution in [0, 0.1) is 11.3 Å². The molecule has 1 aromatic carbocycles. The Kier molecular flexibility index (Phi) is 3.21. The van der Waals surface area contributed by atoms with E-state index in [0.29, 0.717) is 11.9 Å². The standard InChI is InChI=1S/C15H15N5/c1-17-14-6-7-18-15(20-14)19-12-4-5-13(10-2-3-10)11(8-12)9-16/h4-8,10H,2-3H2,1H3,(H2,17,18,19,20). The number of nitriles is 1. The highest BCUT2D eigenvalue weighted by molar-refractivity contribution is 5.60. The van der Waals surface area contributed by atoms with Gasteiger partial charge in [-0.2, -0.15) is 10.2 Å². The number of rotatable bonds is 4. The van der Waals surface area contributed by atoms with Gasteiger partial charge in [-0.25, -0.2) is 4.98 Å². The summed E-state index contributed by atoms with van der Waals surface area (Å²) in [4.78, 5) is 8.46. The van der Waals surface area contributed by atoms with E-state index in [9.17, 15) is 5.26 Å². The van der Waals surface area contributed by atoms with Crippen molar-refractivity contribution in [1.82, 2.24) is 9.97 Å². The third kappa shape index (κ3) is 2.54. The first-order valence-electron chi connectivity index (χ1n) is 6.62. The SMILES string of the molecule is CNc1ccnc(Nc2ccc(C3CC3)c(C#N)c2)n1. The Hall–Kier alpha value is -2.61. The van der Waals surface area contributed by atoms with Gasteiger partial charge in [0.25, 0.3) is 0 Å². The second-order valence-corrected chi connectivity index (χ2v) is 4.83. The lowest BCUT2D eigenvalue weighted by Gasteiger charge is -2.08. The zero-order valence-electron chi connectivity index (χ0n) is 11.2. The van der Waals surface area contributed by atoms with Crippen molar-refractivity contribution in [3.8, 4) is 6.07 Å². The molecule has 5 heteroatoms. The lowest BCUT2D eigenvalue weighted by molar-refractivity contribution is 1.11. The first-order valence-corrected chi connectivity index (χ1v) is 6.62. The number of hydrogen-bond acceptors (Lipinski definition) is 5. The molecule has 0 saturated heterocycles. The van der Waals surface area contributed by atoms with Gasteiger partial charge >= 0.3 is 0 Å². The molecule has 0 amide bonds. The van der Waals surface area contributed by atoms with Crippen LogP contribution in [-0.2, 0) is 0 Å². The van der Waals surface area contributed by atoms with E-state index in [1.165, 1.54) is 12.8 Å². The predicted octanol–water partition coefficient (Wildman–Crippen LogP) is 3.01. The quantitative estimate of drug-likeness (QED) is 0.889. The fourth-order valence-corrected chi connectivity index (χ4v) is 2.17. The van der Waals surface area contributed by atoms with Crippen LogP contribution in [0.3, 0.4) is 0 Å². The summed E-state index contributed by atoms with van der Waals surface area (Å²) >= 11 is 0. The molecule has 1 aromatic heterocycles. The van der Waals surface area contributed by atoms with Crippen molar-refractivity contribution in [1.29, 1.82) is 5.26 Å². The molecule has 0 atom stereocenters. The van der Waals surface area contributed by atoms with Gasteiger partial charge in [0.05, 0.1) is 11.6 Å². The first kappa shape index (κ1) is 12.4. The van der Waals surface area contributed by atoms with Crippen LogP contribution in [-0.4, -0.2) is 17.0 Å². The van der Waals surface area contributed by atoms with Gasteiger partial charge in [0.1, 0.15) is 5.82 Å². The van der Waals surface area contributed by atoms with Crippen molar-refractivity contribution >= 4 is 17.5 Å². The van der Waals surface area contributed by atoms with Gasteiger partial charge in [0.2, 0.25) is 5.95 Å². The predicted molar refractivity (Wildman–Crippen MR) is 78.0 cm³/mol. The number of aromatic nitrogens is 2. The molecule has 2 aromatic rings. The fourth-order valence-electron chi connectivity index (χ4n) is 2.17. The molecule has 0 aliphatic heterocycles. The summed E-state index contributed by atoms with van der Waals surface area (Å²) < 4.78 is 0. The first-order chi connectivity index (χ1) is 9.80. The Labute approximate surface area is 117 Å². The number of anilines is 3. The summed E-state index contributed by atoms with van der Waals surface area (Å²) in [5.74, 6) is 1.83. The molecule has 1 aliphatic carbocycles. The molecule has 100 valence electrons. The molecule has 1 fully saturated rings. The van der Waals surface area contributed by atoms with Gasteiger partial charge in [-0.05, 0) is 42.5 Å². The van der Waals surface area contributed by atoms with Crippen LogP contribution in [0.25, 0.3) is 0 Å². The third-order valence-electron chi connectivity index (χ3n) is 3.36. The molecule has 1 saturated carbocycles. The molecule has 0 spiro atoms. The smallest absolute Gasteiger partial charge is 0.229 e. The number of nitrogens with zero attached hydrogens (tertiary/aromatic N) is 3. The van der Waals surface area contributed by atoms with Crippen LogP contribution < -0.4 is 10.6 Å². The van der Waals surface area contributed by atoms with Crippen LogP contribution in [0.1, 0.15) is 29.9 Å². The second kappa shape index (κ2) is 5.17. The average molecular weight is 265 g/mol. The van der Waals surface area contributed by atoms with E-state index in [1.807, 2.05) is 25.2 Å². The van der Waals surface area contributed by atoms with E-state index < -0.39 is 0 Å². The Morgan fingerprint density at radius 2 is 2.15 bits per heavy atom. The van der Waals surface area contributed by atoms with E-state index in [1.54, 1.807) is 12.3 Å². The van der Waals surface area contributed by atoms with Crippen LogP contribution in [0.2, 0.25) is 0 Å². The van der Waals surface area contributed by atoms with Crippen molar-refractivity contribution in [2.45, 2.75) is 18.8 Å². The van der Waals surface area contributed by atoms with E-state index >= 15 is 0 Å². The van der Waals surface area contributed by atoms with Crippen molar-refractivity contribution in [2.24, 2.45) is 0 Å². The Morgan fingerprint density at radius 3 is 2.85 bits per heavy atom. The maximum Gasteiger partial charge on any atom is 0.229 e. The van der Waals surface area contributed by atoms with E-state index in [2.05, 4.69) is 26.7 Å². The molecule has 0 radical (unpaired) electrons. The lowest BCUT2D eigenvalue weighted by atomic mass is 10.0. The average Bonchev–Trinajstić information content (AvgIpc) is 3.32. The van der Waals surface area contributed by atoms with Crippen LogP contribution in [0.15, 0.2) is 30.5 Å². The molecule has 5 nitrogen and oxygen atoms in total. The van der Waals surface area contributed by atoms with E-state index in [0.717, 1.165) is 22.6 Å². The van der Waals surface area contributed by atoms with Crippen molar-refractivity contribution in [3.05, 3.63) is 41.6 Å². The Bertz CT molecular complexity index is 670. The minimum Gasteiger partial charge on any atom is -0.373 e. The number of benzene rings is 1. The van der Waals surface area contributed by atoms with Crippen molar-refractivity contribution in [2.75, 3.05) is 17.7 Å². The zero-order chi connectivity index (χ0) is 13.9. The normalized spacial score (nSPS) is 13.6. The monoisotopic (exact) mass is 265 g/mol. The molecule has 3 rings (SSSR count). The zero-order valence-corrected chi connectivity index (χ0v) is 11.2. The minimum absolute atomic E-state index is 0.514. The van der Waals surface area contributed by atoms with Crippen LogP contribution in [0.4, 0.5) is 17.5 Å². The summed E-state index contributed by atoms with van der Waals surface area (Å²) in [6, 6.07) is 9.93. The molecule has 1 aliphatic rings. The van der Waals surface area contributed by atoms with Crippen LogP contribution in [0.5, 0.6) is 0 Å². The van der Waals surface area contributed by atoms with Crippen molar-refractivity contribution < 1.29 is 0 Å². The molecular weight excluding hydrogens is 250 g/mol. The summed E-state index contributed by atoms with van der Waals surface area (Å²) in [5, 5.41) is 15.3. The number of nitrogens with one attached hydrogen (secondary N) is 2. The summed E-state index contributed by atoms with van der Waals surface area (Å²) in [5.41, 5.74) is 2.73. The summed E-state index contributed by atoms with van der Waals surface area (Å²) in [7, 11) is 1.81. The molecule has 0 bridgehead atoms. The van der Waals surface area contributed by atoms with Gasteiger partial charge in [0, 0.05) is 18.9 Å². The minimum atomic E-state index is 0.514. The number of hydrogen-bond donors (Lipinski definition) is 2. The largest absolute Gasteiger partial charge is 0.373 e. The Balaban J connectivity index is 1.85. The van der Waals surface area contributed by atoms with Gasteiger partial charge in [-0.1, -0.05) is 6.07 Å². The Morgan fingerprint density at radius 1 is 1.30 bits per heavy atom. The van der Waals surface area contributed by atoms with Gasteiger partial charge in [0.15, 0.2) is 0 Å². The fraction of sp³-hybridized carbons (Fsp3) is 0.267. The highest BCUT2D eigenvalue weighted by atomic mass is 15.1. The molecule has 20 heavy (non-hydrogen) atoms. The van der Waals surface area contributed by atoms with E-state index in [4.69, 9.17) is 0 Å². The molecule has 0 unspecified atom stereocenters. The maximum atomic E-state index is 9.25. The van der Waals surface area contributed by atoms with Crippen molar-refractivity contribution in [3.63, 3.8) is 0 Å². The van der Waals surface area contributed by atoms with Gasteiger partial charge in [-0.15, -0.1) is 0 Å². The van der Waals surface area contributed by atoms with Gasteiger partial charge in [-0.3, -0.25) is 0 Å². The third-order valence-corrected chi connectivity index (χ3v) is 3.36. The maximum absolute atomic E-state index is 9.25. The molecule has 1 heterocycles. The lowest BCUT2D eigenvalue weighted by Crippen LogP contribution is -2.00. The van der Waals surface area contributed by atoms with Gasteiger partial charge < -0.3 is 10.6 Å². The summed E-state index contributed by atoms with van der Waals surface area (Å²) in [6.07, 6.45) is 4.06. The highest BCUT2D eigenvalue weighted by Crippen LogP contribution is 2.42.